The molecule has 4 rings (SSSR count). The number of amides is 2. The summed E-state index contributed by atoms with van der Waals surface area (Å²) in [5, 5.41) is 11.7. The molecule has 2 amide bonds. The van der Waals surface area contributed by atoms with Crippen molar-refractivity contribution in [1.29, 1.82) is 0 Å². The van der Waals surface area contributed by atoms with E-state index in [0.717, 1.165) is 29.4 Å². The Morgan fingerprint density at radius 3 is 2.72 bits per heavy atom. The van der Waals surface area contributed by atoms with E-state index in [0.29, 0.717) is 34.8 Å². The van der Waals surface area contributed by atoms with Crippen molar-refractivity contribution in [2.45, 2.75) is 18.1 Å². The highest BCUT2D eigenvalue weighted by Gasteiger charge is 2.24. The van der Waals surface area contributed by atoms with Crippen LogP contribution in [0.2, 0.25) is 5.02 Å². The molecule has 1 aliphatic rings. The van der Waals surface area contributed by atoms with E-state index in [4.69, 9.17) is 16.0 Å². The van der Waals surface area contributed by atoms with Crippen molar-refractivity contribution in [3.63, 3.8) is 0 Å². The molecule has 0 bridgehead atoms. The number of carbonyl (C=O) groups excluding carboxylic acids is 2. The molecule has 29 heavy (non-hydrogen) atoms. The maximum absolute atomic E-state index is 12.4. The summed E-state index contributed by atoms with van der Waals surface area (Å²) in [4.78, 5) is 26.2. The van der Waals surface area contributed by atoms with E-state index in [1.807, 2.05) is 18.2 Å². The van der Waals surface area contributed by atoms with Crippen LogP contribution in [-0.4, -0.2) is 34.3 Å². The summed E-state index contributed by atoms with van der Waals surface area (Å²) in [5.74, 6) is 0.314. The van der Waals surface area contributed by atoms with Crippen molar-refractivity contribution in [2.24, 2.45) is 0 Å². The number of anilines is 2. The Hall–Kier alpha value is -2.84. The molecule has 3 aromatic rings. The van der Waals surface area contributed by atoms with Gasteiger partial charge >= 0.3 is 0 Å². The van der Waals surface area contributed by atoms with E-state index >= 15 is 0 Å². The number of aromatic nitrogens is 2. The standard InChI is InChI=1S/C20H17ClN4O3S/c21-14-9-7-13(8-10-14)19-23-24-20(28-19)29-12-17(26)22-15-4-1-2-5-16(15)25-11-3-6-18(25)27/h1-2,4-5,7-10H,3,6,11-12H2,(H,22,26). The fourth-order valence-corrected chi connectivity index (χ4v) is 3.70. The van der Waals surface area contributed by atoms with Crippen LogP contribution in [0, 0.1) is 0 Å². The second-order valence-electron chi connectivity index (χ2n) is 6.38. The van der Waals surface area contributed by atoms with Crippen LogP contribution in [0.5, 0.6) is 0 Å². The Kier molecular flexibility index (Phi) is 5.82. The lowest BCUT2D eigenvalue weighted by Gasteiger charge is -2.19. The average Bonchev–Trinajstić information content (AvgIpc) is 3.37. The minimum absolute atomic E-state index is 0.0710. The third-order valence-electron chi connectivity index (χ3n) is 4.37. The summed E-state index contributed by atoms with van der Waals surface area (Å²) < 4.78 is 5.59. The second kappa shape index (κ2) is 8.67. The molecule has 1 N–H and O–H groups in total. The molecule has 2 heterocycles. The van der Waals surface area contributed by atoms with Crippen molar-refractivity contribution in [1.82, 2.24) is 10.2 Å². The first-order valence-electron chi connectivity index (χ1n) is 9.01. The maximum Gasteiger partial charge on any atom is 0.277 e. The number of hydrogen-bond acceptors (Lipinski definition) is 6. The predicted molar refractivity (Wildman–Crippen MR) is 112 cm³/mol. The average molecular weight is 429 g/mol. The minimum Gasteiger partial charge on any atom is -0.411 e. The van der Waals surface area contributed by atoms with Gasteiger partial charge in [0.1, 0.15) is 0 Å². The number of thioether (sulfide) groups is 1. The largest absolute Gasteiger partial charge is 0.411 e. The van der Waals surface area contributed by atoms with Crippen molar-refractivity contribution < 1.29 is 14.0 Å². The first kappa shape index (κ1) is 19.5. The third-order valence-corrected chi connectivity index (χ3v) is 5.44. The summed E-state index contributed by atoms with van der Waals surface area (Å²) in [6.07, 6.45) is 1.36. The van der Waals surface area contributed by atoms with E-state index in [1.165, 1.54) is 0 Å². The molecule has 2 aromatic carbocycles. The Morgan fingerprint density at radius 2 is 1.97 bits per heavy atom. The lowest BCUT2D eigenvalue weighted by Crippen LogP contribution is -2.25. The van der Waals surface area contributed by atoms with E-state index in [1.54, 1.807) is 35.2 Å². The molecule has 1 saturated heterocycles. The molecule has 7 nitrogen and oxygen atoms in total. The molecule has 0 saturated carbocycles. The molecule has 9 heteroatoms. The van der Waals surface area contributed by atoms with Gasteiger partial charge in [0, 0.05) is 23.6 Å². The van der Waals surface area contributed by atoms with Crippen LogP contribution in [0.25, 0.3) is 11.5 Å². The van der Waals surface area contributed by atoms with Gasteiger partial charge in [0.05, 0.1) is 17.1 Å². The van der Waals surface area contributed by atoms with Gasteiger partial charge in [-0.1, -0.05) is 35.5 Å². The Balaban J connectivity index is 1.38. The van der Waals surface area contributed by atoms with E-state index in [2.05, 4.69) is 15.5 Å². The van der Waals surface area contributed by atoms with Gasteiger partial charge in [-0.2, -0.15) is 0 Å². The van der Waals surface area contributed by atoms with Crippen LogP contribution < -0.4 is 10.2 Å². The molecule has 148 valence electrons. The number of benzene rings is 2. The number of nitrogens with zero attached hydrogens (tertiary/aromatic N) is 3. The zero-order valence-corrected chi connectivity index (χ0v) is 16.9. The topological polar surface area (TPSA) is 88.3 Å². The summed E-state index contributed by atoms with van der Waals surface area (Å²) in [6.45, 7) is 0.663. The lowest BCUT2D eigenvalue weighted by molar-refractivity contribution is -0.117. The third kappa shape index (κ3) is 4.60. The monoisotopic (exact) mass is 428 g/mol. The van der Waals surface area contributed by atoms with Crippen LogP contribution >= 0.6 is 23.4 Å². The summed E-state index contributed by atoms with van der Waals surface area (Å²) in [6, 6.07) is 14.3. The van der Waals surface area contributed by atoms with Crippen molar-refractivity contribution in [3.8, 4) is 11.5 Å². The van der Waals surface area contributed by atoms with Gasteiger partial charge in [-0.25, -0.2) is 0 Å². The SMILES string of the molecule is O=C(CSc1nnc(-c2ccc(Cl)cc2)o1)Nc1ccccc1N1CCCC1=O. The number of rotatable bonds is 6. The highest BCUT2D eigenvalue weighted by Crippen LogP contribution is 2.30. The minimum atomic E-state index is -0.222. The first-order chi connectivity index (χ1) is 14.1. The number of carbonyl (C=O) groups is 2. The van der Waals surface area contributed by atoms with Gasteiger partial charge in [-0.3, -0.25) is 9.59 Å². The zero-order chi connectivity index (χ0) is 20.2. The highest BCUT2D eigenvalue weighted by atomic mass is 35.5. The maximum atomic E-state index is 12.4. The molecule has 0 atom stereocenters. The predicted octanol–water partition coefficient (Wildman–Crippen LogP) is 4.25. The quantitative estimate of drug-likeness (QED) is 0.590. The molecule has 1 aromatic heterocycles. The zero-order valence-electron chi connectivity index (χ0n) is 15.3. The molecule has 1 fully saturated rings. The van der Waals surface area contributed by atoms with Gasteiger partial charge in [0.2, 0.25) is 17.7 Å². The summed E-state index contributed by atoms with van der Waals surface area (Å²) in [5.41, 5.74) is 2.08. The van der Waals surface area contributed by atoms with Gasteiger partial charge in [0.25, 0.3) is 5.22 Å². The number of hydrogen-bond donors (Lipinski definition) is 1. The fraction of sp³-hybridized carbons (Fsp3) is 0.200. The van der Waals surface area contributed by atoms with Gasteiger partial charge in [-0.05, 0) is 42.8 Å². The Labute approximate surface area is 176 Å². The van der Waals surface area contributed by atoms with Crippen LogP contribution in [0.15, 0.2) is 58.2 Å². The van der Waals surface area contributed by atoms with Crippen molar-refractivity contribution in [2.75, 3.05) is 22.5 Å². The summed E-state index contributed by atoms with van der Waals surface area (Å²) in [7, 11) is 0. The second-order valence-corrected chi connectivity index (χ2v) is 7.75. The molecular weight excluding hydrogens is 412 g/mol. The van der Waals surface area contributed by atoms with Crippen molar-refractivity contribution >= 4 is 46.6 Å². The van der Waals surface area contributed by atoms with Crippen LogP contribution in [0.1, 0.15) is 12.8 Å². The molecule has 0 spiro atoms. The number of halogens is 1. The van der Waals surface area contributed by atoms with Gasteiger partial charge < -0.3 is 14.6 Å². The Morgan fingerprint density at radius 1 is 1.17 bits per heavy atom. The molecule has 1 aliphatic heterocycles. The number of para-hydroxylation sites is 2. The van der Waals surface area contributed by atoms with Crippen LogP contribution in [-0.2, 0) is 9.59 Å². The highest BCUT2D eigenvalue weighted by molar-refractivity contribution is 7.99. The lowest BCUT2D eigenvalue weighted by atomic mass is 10.2. The Bertz CT molecular complexity index is 1040. The molecule has 0 aliphatic carbocycles. The van der Waals surface area contributed by atoms with E-state index in [-0.39, 0.29) is 17.6 Å². The van der Waals surface area contributed by atoms with Gasteiger partial charge in [0.15, 0.2) is 0 Å². The normalized spacial score (nSPS) is 13.7. The van der Waals surface area contributed by atoms with Gasteiger partial charge in [-0.15, -0.1) is 10.2 Å². The van der Waals surface area contributed by atoms with Crippen LogP contribution in [0.3, 0.4) is 0 Å². The van der Waals surface area contributed by atoms with Crippen molar-refractivity contribution in [3.05, 3.63) is 53.6 Å². The fourth-order valence-electron chi connectivity index (χ4n) is 3.01. The number of nitrogens with one attached hydrogen (secondary N) is 1. The molecule has 0 radical (unpaired) electrons. The van der Waals surface area contributed by atoms with E-state index < -0.39 is 0 Å². The molecule has 0 unspecified atom stereocenters. The smallest absolute Gasteiger partial charge is 0.277 e. The van der Waals surface area contributed by atoms with Crippen LogP contribution in [0.4, 0.5) is 11.4 Å². The first-order valence-corrected chi connectivity index (χ1v) is 10.4. The summed E-state index contributed by atoms with van der Waals surface area (Å²) >= 11 is 7.03. The van der Waals surface area contributed by atoms with E-state index in [9.17, 15) is 9.59 Å². The molecular formula is C20H17ClN4O3S.